The molecular weight excluding hydrogens is 334 g/mol. The van der Waals surface area contributed by atoms with Gasteiger partial charge in [-0.25, -0.2) is 0 Å². The summed E-state index contributed by atoms with van der Waals surface area (Å²) in [5, 5.41) is 1.69. The van der Waals surface area contributed by atoms with Crippen molar-refractivity contribution in [3.05, 3.63) is 59.7 Å². The number of benzene rings is 2. The molecule has 1 saturated heterocycles. The monoisotopic (exact) mass is 355 g/mol. The number of carbonyl (C=O) groups excluding carboxylic acids is 2. The van der Waals surface area contributed by atoms with Crippen molar-refractivity contribution in [1.82, 2.24) is 5.32 Å². The highest BCUT2D eigenvalue weighted by molar-refractivity contribution is 8.15. The molecule has 1 aliphatic heterocycles. The van der Waals surface area contributed by atoms with Crippen LogP contribution in [0.3, 0.4) is 0 Å². The van der Waals surface area contributed by atoms with Gasteiger partial charge in [0, 0.05) is 0 Å². The summed E-state index contributed by atoms with van der Waals surface area (Å²) in [6.07, 6.45) is 0.531. The third-order valence-electron chi connectivity index (χ3n) is 4.07. The van der Waals surface area contributed by atoms with Gasteiger partial charge in [-0.05, 0) is 47.2 Å². The maximum atomic E-state index is 11.6. The number of rotatable bonds is 4. The number of hydrogen-bond donors (Lipinski definition) is 1. The summed E-state index contributed by atoms with van der Waals surface area (Å²) in [6.45, 7) is 6.54. The molecule has 0 bridgehead atoms. The Labute approximate surface area is 152 Å². The van der Waals surface area contributed by atoms with Gasteiger partial charge in [-0.1, -0.05) is 56.8 Å². The Hall–Kier alpha value is -2.27. The Kier molecular flexibility index (Phi) is 4.86. The van der Waals surface area contributed by atoms with Gasteiger partial charge in [-0.15, -0.1) is 0 Å². The molecule has 2 amide bonds. The molecule has 25 heavy (non-hydrogen) atoms. The molecule has 1 unspecified atom stereocenters. The molecule has 3 rings (SSSR count). The van der Waals surface area contributed by atoms with Crippen LogP contribution >= 0.6 is 11.8 Å². The topological polar surface area (TPSA) is 55.4 Å². The standard InChI is InChI=1S/C20H21NO3S/c1-20(2,3)14-6-10-16(11-7-14)24-15-8-4-13(5-9-15)12-17-18(22)21-19(23)25-17/h4-11,17H,12H2,1-3H3,(H,21,22,23). The molecule has 0 radical (unpaired) electrons. The quantitative estimate of drug-likeness (QED) is 0.866. The van der Waals surface area contributed by atoms with Crippen molar-refractivity contribution in [2.24, 2.45) is 0 Å². The predicted molar refractivity (Wildman–Crippen MR) is 100 cm³/mol. The van der Waals surface area contributed by atoms with Crippen LogP contribution in [0.15, 0.2) is 48.5 Å². The number of ether oxygens (including phenoxy) is 1. The van der Waals surface area contributed by atoms with E-state index < -0.39 is 0 Å². The first kappa shape index (κ1) is 17.5. The Morgan fingerprint density at radius 1 is 0.960 bits per heavy atom. The van der Waals surface area contributed by atoms with E-state index in [1.54, 1.807) is 0 Å². The molecule has 1 fully saturated rings. The van der Waals surface area contributed by atoms with E-state index in [4.69, 9.17) is 4.74 Å². The van der Waals surface area contributed by atoms with E-state index in [1.165, 1.54) is 5.56 Å². The molecule has 5 heteroatoms. The number of nitrogens with one attached hydrogen (secondary N) is 1. The van der Waals surface area contributed by atoms with Gasteiger partial charge in [0.1, 0.15) is 11.5 Å². The summed E-state index contributed by atoms with van der Waals surface area (Å²) in [4.78, 5) is 22.8. The highest BCUT2D eigenvalue weighted by Crippen LogP contribution is 2.28. The zero-order valence-corrected chi connectivity index (χ0v) is 15.4. The molecule has 0 aromatic heterocycles. The van der Waals surface area contributed by atoms with Gasteiger partial charge >= 0.3 is 0 Å². The lowest BCUT2D eigenvalue weighted by molar-refractivity contribution is -0.118. The molecule has 130 valence electrons. The highest BCUT2D eigenvalue weighted by Gasteiger charge is 2.31. The molecule has 1 N–H and O–H groups in total. The Bertz CT molecular complexity index is 776. The van der Waals surface area contributed by atoms with Crippen LogP contribution in [0.4, 0.5) is 4.79 Å². The number of hydrogen-bond acceptors (Lipinski definition) is 4. The minimum absolute atomic E-state index is 0.117. The van der Waals surface area contributed by atoms with Gasteiger partial charge in [0.2, 0.25) is 5.91 Å². The summed E-state index contributed by atoms with van der Waals surface area (Å²) in [6, 6.07) is 15.7. The molecular formula is C20H21NO3S. The van der Waals surface area contributed by atoms with Gasteiger partial charge < -0.3 is 4.74 Å². The SMILES string of the molecule is CC(C)(C)c1ccc(Oc2ccc(CC3SC(=O)NC3=O)cc2)cc1. The smallest absolute Gasteiger partial charge is 0.286 e. The van der Waals surface area contributed by atoms with Crippen molar-refractivity contribution in [1.29, 1.82) is 0 Å². The van der Waals surface area contributed by atoms with E-state index in [1.807, 2.05) is 36.4 Å². The first-order valence-electron chi connectivity index (χ1n) is 8.20. The summed E-state index contributed by atoms with van der Waals surface area (Å²) in [5.74, 6) is 1.32. The van der Waals surface area contributed by atoms with Crippen molar-refractivity contribution in [3.8, 4) is 11.5 Å². The van der Waals surface area contributed by atoms with E-state index >= 15 is 0 Å². The van der Waals surface area contributed by atoms with Gasteiger partial charge in [0.05, 0.1) is 5.25 Å². The predicted octanol–water partition coefficient (Wildman–Crippen LogP) is 4.67. The number of imide groups is 1. The molecule has 2 aromatic carbocycles. The van der Waals surface area contributed by atoms with E-state index in [2.05, 4.69) is 38.2 Å². The fourth-order valence-electron chi connectivity index (χ4n) is 2.59. The van der Waals surface area contributed by atoms with E-state index in [-0.39, 0.29) is 21.8 Å². The average molecular weight is 355 g/mol. The van der Waals surface area contributed by atoms with Crippen molar-refractivity contribution < 1.29 is 14.3 Å². The second-order valence-electron chi connectivity index (χ2n) is 7.11. The first-order valence-corrected chi connectivity index (χ1v) is 9.08. The fourth-order valence-corrected chi connectivity index (χ4v) is 3.45. The number of thioether (sulfide) groups is 1. The van der Waals surface area contributed by atoms with E-state index in [0.717, 1.165) is 28.8 Å². The molecule has 0 saturated carbocycles. The molecule has 0 aliphatic carbocycles. The minimum atomic E-state index is -0.343. The summed E-state index contributed by atoms with van der Waals surface area (Å²) >= 11 is 1.05. The lowest BCUT2D eigenvalue weighted by atomic mass is 9.87. The van der Waals surface area contributed by atoms with Crippen LogP contribution in [0.2, 0.25) is 0 Å². The summed E-state index contributed by atoms with van der Waals surface area (Å²) in [5.41, 5.74) is 2.38. The normalized spacial score (nSPS) is 17.5. The average Bonchev–Trinajstić information content (AvgIpc) is 2.86. The van der Waals surface area contributed by atoms with Crippen LogP contribution in [-0.4, -0.2) is 16.4 Å². The molecule has 0 spiro atoms. The van der Waals surface area contributed by atoms with Crippen LogP contribution in [-0.2, 0) is 16.6 Å². The van der Waals surface area contributed by atoms with Crippen LogP contribution < -0.4 is 10.1 Å². The molecule has 1 atom stereocenters. The Morgan fingerprint density at radius 2 is 1.52 bits per heavy atom. The van der Waals surface area contributed by atoms with Crippen LogP contribution in [0, 0.1) is 0 Å². The van der Waals surface area contributed by atoms with Crippen molar-refractivity contribution in [2.45, 2.75) is 37.9 Å². The largest absolute Gasteiger partial charge is 0.457 e. The lowest BCUT2D eigenvalue weighted by Crippen LogP contribution is -2.25. The van der Waals surface area contributed by atoms with E-state index in [9.17, 15) is 9.59 Å². The fraction of sp³-hybridized carbons (Fsp3) is 0.300. The second-order valence-corrected chi connectivity index (χ2v) is 8.28. The van der Waals surface area contributed by atoms with Gasteiger partial charge in [0.15, 0.2) is 0 Å². The van der Waals surface area contributed by atoms with Crippen molar-refractivity contribution in [3.63, 3.8) is 0 Å². The summed E-state index contributed by atoms with van der Waals surface area (Å²) < 4.78 is 5.87. The van der Waals surface area contributed by atoms with Crippen molar-refractivity contribution in [2.75, 3.05) is 0 Å². The van der Waals surface area contributed by atoms with Crippen LogP contribution in [0.1, 0.15) is 31.9 Å². The van der Waals surface area contributed by atoms with Gasteiger partial charge in [-0.2, -0.15) is 0 Å². The van der Waals surface area contributed by atoms with Crippen molar-refractivity contribution >= 4 is 22.9 Å². The van der Waals surface area contributed by atoms with Crippen LogP contribution in [0.25, 0.3) is 0 Å². The molecule has 2 aromatic rings. The summed E-state index contributed by atoms with van der Waals surface area (Å²) in [7, 11) is 0. The third kappa shape index (κ3) is 4.42. The maximum Gasteiger partial charge on any atom is 0.286 e. The first-order chi connectivity index (χ1) is 11.8. The lowest BCUT2D eigenvalue weighted by Gasteiger charge is -2.19. The Morgan fingerprint density at radius 3 is 2.00 bits per heavy atom. The zero-order valence-electron chi connectivity index (χ0n) is 14.5. The Balaban J connectivity index is 1.63. The highest BCUT2D eigenvalue weighted by atomic mass is 32.2. The maximum absolute atomic E-state index is 11.6. The number of amides is 2. The molecule has 1 aliphatic rings. The minimum Gasteiger partial charge on any atom is -0.457 e. The van der Waals surface area contributed by atoms with Gasteiger partial charge in [0.25, 0.3) is 5.24 Å². The van der Waals surface area contributed by atoms with Gasteiger partial charge in [-0.3, -0.25) is 14.9 Å². The zero-order chi connectivity index (χ0) is 18.0. The van der Waals surface area contributed by atoms with Crippen LogP contribution in [0.5, 0.6) is 11.5 Å². The second kappa shape index (κ2) is 6.92. The number of carbonyl (C=O) groups is 2. The molecule has 1 heterocycles. The third-order valence-corrected chi connectivity index (χ3v) is 5.05. The molecule has 4 nitrogen and oxygen atoms in total. The van der Waals surface area contributed by atoms with E-state index in [0.29, 0.717) is 6.42 Å².